The van der Waals surface area contributed by atoms with Gasteiger partial charge in [0, 0.05) is 32.4 Å². The fraction of sp³-hybridized carbons (Fsp3) is 0.923. The van der Waals surface area contributed by atoms with Crippen LogP contribution >= 0.6 is 0 Å². The molecule has 20 heavy (non-hydrogen) atoms. The van der Waals surface area contributed by atoms with Crippen LogP contribution in [0.15, 0.2) is 0 Å². The third-order valence-corrected chi connectivity index (χ3v) is 4.09. The van der Waals surface area contributed by atoms with Crippen molar-refractivity contribution in [3.8, 4) is 0 Å². The summed E-state index contributed by atoms with van der Waals surface area (Å²) in [6.07, 6.45) is -3.03. The molecule has 1 amide bonds. The van der Waals surface area contributed by atoms with Crippen LogP contribution in [0.4, 0.5) is 13.2 Å². The van der Waals surface area contributed by atoms with Crippen molar-refractivity contribution in [2.45, 2.75) is 56.5 Å². The van der Waals surface area contributed by atoms with E-state index in [4.69, 9.17) is 9.47 Å². The maximum absolute atomic E-state index is 12.1. The molecule has 1 aliphatic carbocycles. The third kappa shape index (κ3) is 3.85. The second-order valence-electron chi connectivity index (χ2n) is 5.46. The highest BCUT2D eigenvalue weighted by Gasteiger charge is 2.41. The van der Waals surface area contributed by atoms with Crippen molar-refractivity contribution in [2.24, 2.45) is 0 Å². The highest BCUT2D eigenvalue weighted by Crippen LogP contribution is 2.37. The molecule has 1 heterocycles. The van der Waals surface area contributed by atoms with Gasteiger partial charge >= 0.3 is 6.18 Å². The SMILES string of the molecule is CN(C(=O)CCC(F)(F)F)C1CCC2(CC1)OCCO2. The van der Waals surface area contributed by atoms with Crippen LogP contribution in [-0.2, 0) is 14.3 Å². The number of hydrogen-bond acceptors (Lipinski definition) is 3. The van der Waals surface area contributed by atoms with Gasteiger partial charge in [-0.1, -0.05) is 0 Å². The summed E-state index contributed by atoms with van der Waals surface area (Å²) in [4.78, 5) is 13.2. The lowest BCUT2D eigenvalue weighted by Crippen LogP contribution is -2.45. The molecule has 2 fully saturated rings. The molecule has 0 radical (unpaired) electrons. The summed E-state index contributed by atoms with van der Waals surface area (Å²) in [5, 5.41) is 0. The smallest absolute Gasteiger partial charge is 0.348 e. The van der Waals surface area contributed by atoms with Gasteiger partial charge in [0.25, 0.3) is 0 Å². The lowest BCUT2D eigenvalue weighted by Gasteiger charge is -2.39. The topological polar surface area (TPSA) is 38.8 Å². The van der Waals surface area contributed by atoms with Crippen LogP contribution < -0.4 is 0 Å². The van der Waals surface area contributed by atoms with Gasteiger partial charge in [-0.2, -0.15) is 13.2 Å². The third-order valence-electron chi connectivity index (χ3n) is 4.09. The number of halogens is 3. The van der Waals surface area contributed by atoms with Crippen LogP contribution in [0, 0.1) is 0 Å². The number of hydrogen-bond donors (Lipinski definition) is 0. The van der Waals surface area contributed by atoms with Crippen LogP contribution in [-0.4, -0.2) is 49.1 Å². The Morgan fingerprint density at radius 1 is 1.25 bits per heavy atom. The largest absolute Gasteiger partial charge is 0.389 e. The first-order chi connectivity index (χ1) is 9.31. The molecule has 0 N–H and O–H groups in total. The summed E-state index contributed by atoms with van der Waals surface area (Å²) in [6, 6.07) is -0.0193. The number of ether oxygens (including phenoxy) is 2. The molecular formula is C13H20F3NO3. The maximum Gasteiger partial charge on any atom is 0.389 e. The van der Waals surface area contributed by atoms with Gasteiger partial charge in [0.15, 0.2) is 5.79 Å². The number of rotatable bonds is 3. The molecule has 1 saturated heterocycles. The van der Waals surface area contributed by atoms with E-state index in [9.17, 15) is 18.0 Å². The number of carbonyl (C=O) groups excluding carboxylic acids is 1. The molecule has 0 bridgehead atoms. The van der Waals surface area contributed by atoms with Gasteiger partial charge in [0.1, 0.15) is 0 Å². The van der Waals surface area contributed by atoms with Crippen molar-refractivity contribution >= 4 is 5.91 Å². The van der Waals surface area contributed by atoms with E-state index in [1.54, 1.807) is 7.05 Å². The molecule has 7 heteroatoms. The molecule has 1 spiro atoms. The molecule has 0 aromatic rings. The van der Waals surface area contributed by atoms with Crippen molar-refractivity contribution in [3.63, 3.8) is 0 Å². The Kier molecular flexibility index (Phi) is 4.59. The first kappa shape index (κ1) is 15.6. The summed E-state index contributed by atoms with van der Waals surface area (Å²) in [7, 11) is 1.58. The zero-order chi connectivity index (χ0) is 14.8. The van der Waals surface area contributed by atoms with Crippen LogP contribution in [0.5, 0.6) is 0 Å². The van der Waals surface area contributed by atoms with E-state index in [2.05, 4.69) is 0 Å². The fourth-order valence-corrected chi connectivity index (χ4v) is 2.84. The van der Waals surface area contributed by atoms with E-state index in [-0.39, 0.29) is 6.04 Å². The number of carbonyl (C=O) groups is 1. The summed E-state index contributed by atoms with van der Waals surface area (Å²) < 4.78 is 47.5. The predicted octanol–water partition coefficient (Wildman–Crippen LogP) is 2.47. The monoisotopic (exact) mass is 295 g/mol. The molecule has 2 aliphatic rings. The first-order valence-electron chi connectivity index (χ1n) is 6.92. The Morgan fingerprint density at radius 2 is 1.80 bits per heavy atom. The van der Waals surface area contributed by atoms with E-state index in [0.29, 0.717) is 38.9 Å². The average Bonchev–Trinajstić information content (AvgIpc) is 2.83. The molecule has 0 atom stereocenters. The molecule has 2 rings (SSSR count). The van der Waals surface area contributed by atoms with Gasteiger partial charge < -0.3 is 14.4 Å². The van der Waals surface area contributed by atoms with E-state index in [1.807, 2.05) is 0 Å². The summed E-state index contributed by atoms with van der Waals surface area (Å²) >= 11 is 0. The minimum Gasteiger partial charge on any atom is -0.348 e. The second kappa shape index (κ2) is 5.89. The lowest BCUT2D eigenvalue weighted by molar-refractivity contribution is -0.185. The van der Waals surface area contributed by atoms with Crippen LogP contribution in [0.3, 0.4) is 0 Å². The fourth-order valence-electron chi connectivity index (χ4n) is 2.84. The lowest BCUT2D eigenvalue weighted by atomic mass is 9.89. The number of amides is 1. The van der Waals surface area contributed by atoms with Crippen molar-refractivity contribution in [2.75, 3.05) is 20.3 Å². The Balaban J connectivity index is 1.79. The molecule has 4 nitrogen and oxygen atoms in total. The summed E-state index contributed by atoms with van der Waals surface area (Å²) in [5.41, 5.74) is 0. The minimum atomic E-state index is -4.28. The second-order valence-corrected chi connectivity index (χ2v) is 5.46. The average molecular weight is 295 g/mol. The zero-order valence-corrected chi connectivity index (χ0v) is 11.5. The van der Waals surface area contributed by atoms with Crippen molar-refractivity contribution in [1.82, 2.24) is 4.90 Å². The maximum atomic E-state index is 12.1. The van der Waals surface area contributed by atoms with Crippen molar-refractivity contribution in [3.05, 3.63) is 0 Å². The Bertz CT molecular complexity index is 343. The normalized spacial score (nSPS) is 23.2. The number of alkyl halides is 3. The van der Waals surface area contributed by atoms with Gasteiger partial charge in [-0.05, 0) is 12.8 Å². The Hall–Kier alpha value is -0.820. The van der Waals surface area contributed by atoms with Crippen LogP contribution in [0.2, 0.25) is 0 Å². The number of nitrogens with zero attached hydrogens (tertiary/aromatic N) is 1. The van der Waals surface area contributed by atoms with Crippen molar-refractivity contribution < 1.29 is 27.4 Å². The zero-order valence-electron chi connectivity index (χ0n) is 11.5. The van der Waals surface area contributed by atoms with Gasteiger partial charge in [0.05, 0.1) is 19.6 Å². The highest BCUT2D eigenvalue weighted by molar-refractivity contribution is 5.76. The summed E-state index contributed by atoms with van der Waals surface area (Å²) in [6.45, 7) is 1.18. The van der Waals surface area contributed by atoms with Gasteiger partial charge in [-0.3, -0.25) is 4.79 Å². The molecule has 1 saturated carbocycles. The molecule has 1 aliphatic heterocycles. The van der Waals surface area contributed by atoms with Crippen LogP contribution in [0.1, 0.15) is 38.5 Å². The molecule has 0 unspecified atom stereocenters. The predicted molar refractivity (Wildman–Crippen MR) is 65.0 cm³/mol. The Labute approximate surface area is 116 Å². The van der Waals surface area contributed by atoms with E-state index >= 15 is 0 Å². The van der Waals surface area contributed by atoms with Gasteiger partial charge in [-0.25, -0.2) is 0 Å². The van der Waals surface area contributed by atoms with E-state index in [0.717, 1.165) is 0 Å². The van der Waals surface area contributed by atoms with E-state index < -0.39 is 30.7 Å². The van der Waals surface area contributed by atoms with Gasteiger partial charge in [-0.15, -0.1) is 0 Å². The molecule has 0 aromatic carbocycles. The minimum absolute atomic E-state index is 0.0193. The first-order valence-corrected chi connectivity index (χ1v) is 6.92. The Morgan fingerprint density at radius 3 is 2.30 bits per heavy atom. The van der Waals surface area contributed by atoms with E-state index in [1.165, 1.54) is 4.90 Å². The standard InChI is InChI=1S/C13H20F3NO3/c1-17(11(18)4-7-13(14,15)16)10-2-5-12(6-3-10)19-8-9-20-12/h10H,2-9H2,1H3. The van der Waals surface area contributed by atoms with Gasteiger partial charge in [0.2, 0.25) is 5.91 Å². The highest BCUT2D eigenvalue weighted by atomic mass is 19.4. The summed E-state index contributed by atoms with van der Waals surface area (Å²) in [5.74, 6) is -0.955. The quantitative estimate of drug-likeness (QED) is 0.803. The molecular weight excluding hydrogens is 275 g/mol. The van der Waals surface area contributed by atoms with Crippen molar-refractivity contribution in [1.29, 1.82) is 0 Å². The molecule has 0 aromatic heterocycles. The molecule has 116 valence electrons. The van der Waals surface area contributed by atoms with Crippen LogP contribution in [0.25, 0.3) is 0 Å².